The Morgan fingerprint density at radius 1 is 1.10 bits per heavy atom. The summed E-state index contributed by atoms with van der Waals surface area (Å²) in [4.78, 5) is 4.80. The quantitative estimate of drug-likeness (QED) is 0.800. The van der Waals surface area contributed by atoms with Crippen molar-refractivity contribution in [2.75, 3.05) is 59.1 Å². The van der Waals surface area contributed by atoms with Gasteiger partial charge in [-0.15, -0.1) is 0 Å². The van der Waals surface area contributed by atoms with Gasteiger partial charge in [0, 0.05) is 26.2 Å². The summed E-state index contributed by atoms with van der Waals surface area (Å²) in [5, 5.41) is 8.88. The van der Waals surface area contributed by atoms with E-state index in [4.69, 9.17) is 9.84 Å². The molecule has 2 fully saturated rings. The fourth-order valence-electron chi connectivity index (χ4n) is 2.50. The van der Waals surface area contributed by atoms with Gasteiger partial charge in [0.2, 0.25) is 0 Å². The van der Waals surface area contributed by atoms with Crippen LogP contribution >= 0.6 is 8.02 Å². The van der Waals surface area contributed by atoms with Crippen LogP contribution in [0, 0.1) is 5.92 Å². The van der Waals surface area contributed by atoms with Crippen molar-refractivity contribution in [1.82, 2.24) is 9.80 Å². The monoisotopic (exact) mass is 322 g/mol. The molecule has 20 heavy (non-hydrogen) atoms. The fourth-order valence-corrected chi connectivity index (χ4v) is 2.50. The Balaban J connectivity index is 0.000000327. The number of morpholine rings is 1. The highest BCUT2D eigenvalue weighted by Crippen LogP contribution is 2.14. The number of likely N-dealkylation sites (tertiary alicyclic amines) is 1. The molecule has 0 radical (unpaired) electrons. The van der Waals surface area contributed by atoms with Gasteiger partial charge in [0.15, 0.2) is 0 Å². The number of hydrogen-bond donors (Lipinski definition) is 1. The van der Waals surface area contributed by atoms with Crippen molar-refractivity contribution in [3.63, 3.8) is 0 Å². The average molecular weight is 322 g/mol. The highest BCUT2D eigenvalue weighted by Gasteiger charge is 2.16. The molecular formula is C14H31N2O2PS. The summed E-state index contributed by atoms with van der Waals surface area (Å²) in [6, 6.07) is 0. The van der Waals surface area contributed by atoms with Gasteiger partial charge in [0.05, 0.1) is 13.2 Å². The molecule has 0 aromatic carbocycles. The molecule has 4 nitrogen and oxygen atoms in total. The molecule has 0 saturated carbocycles. The number of nitrogens with zero attached hydrogens (tertiary/aromatic N) is 2. The fraction of sp³-hybridized carbons (Fsp3) is 1.00. The molecule has 120 valence electrons. The minimum Gasteiger partial charge on any atom is -0.396 e. The van der Waals surface area contributed by atoms with Crippen LogP contribution in [0.4, 0.5) is 0 Å². The first kappa shape index (κ1) is 20.4. The first-order chi connectivity index (χ1) is 9.80. The van der Waals surface area contributed by atoms with Gasteiger partial charge in [-0.05, 0) is 46.4 Å². The Bertz CT molecular complexity index is 209. The second kappa shape index (κ2) is 14.3. The van der Waals surface area contributed by atoms with Crippen molar-refractivity contribution < 1.29 is 9.84 Å². The smallest absolute Gasteiger partial charge is 0.0594 e. The van der Waals surface area contributed by atoms with Crippen LogP contribution in [0.5, 0.6) is 0 Å². The normalized spacial score (nSPS) is 24.1. The van der Waals surface area contributed by atoms with Crippen molar-refractivity contribution in [3.8, 4) is 0 Å². The summed E-state index contributed by atoms with van der Waals surface area (Å²) in [6.07, 6.45) is 2.48. The number of hydrogen-bond acceptors (Lipinski definition) is 5. The number of aliphatic hydroxyl groups is 1. The van der Waals surface area contributed by atoms with Crippen molar-refractivity contribution >= 4 is 19.8 Å². The van der Waals surface area contributed by atoms with Gasteiger partial charge in [0.1, 0.15) is 0 Å². The maximum Gasteiger partial charge on any atom is 0.0594 e. The van der Waals surface area contributed by atoms with Crippen LogP contribution in [0.2, 0.25) is 0 Å². The lowest BCUT2D eigenvalue weighted by atomic mass is 9.99. The highest BCUT2D eigenvalue weighted by atomic mass is 32.4. The van der Waals surface area contributed by atoms with Crippen LogP contribution < -0.4 is 0 Å². The summed E-state index contributed by atoms with van der Waals surface area (Å²) in [7, 11) is 2.56. The van der Waals surface area contributed by atoms with Gasteiger partial charge in [0.25, 0.3) is 0 Å². The number of piperidine rings is 1. The second-order valence-electron chi connectivity index (χ2n) is 5.13. The Labute approximate surface area is 131 Å². The van der Waals surface area contributed by atoms with Crippen LogP contribution in [-0.2, 0) is 16.5 Å². The molecule has 1 unspecified atom stereocenters. The Kier molecular flexibility index (Phi) is 14.6. The van der Waals surface area contributed by atoms with Crippen LogP contribution in [0.3, 0.4) is 0 Å². The van der Waals surface area contributed by atoms with Crippen LogP contribution in [0.25, 0.3) is 0 Å². The molecule has 2 rings (SSSR count). The minimum absolute atomic E-state index is 0.372. The molecule has 0 spiro atoms. The average Bonchev–Trinajstić information content (AvgIpc) is 2.58. The SMILES string of the molecule is CCN1CCCC(CO)C1.CCN1CCOCC1.P=S. The summed E-state index contributed by atoms with van der Waals surface area (Å²) in [5.41, 5.74) is 0. The lowest BCUT2D eigenvalue weighted by Crippen LogP contribution is -2.36. The zero-order chi connectivity index (χ0) is 15.2. The first-order valence-electron chi connectivity index (χ1n) is 7.63. The third-order valence-corrected chi connectivity index (χ3v) is 3.86. The van der Waals surface area contributed by atoms with Crippen molar-refractivity contribution in [2.24, 2.45) is 5.92 Å². The van der Waals surface area contributed by atoms with E-state index in [0.29, 0.717) is 12.5 Å². The molecule has 0 aromatic heterocycles. The van der Waals surface area contributed by atoms with Crippen molar-refractivity contribution in [2.45, 2.75) is 26.7 Å². The molecule has 2 aliphatic heterocycles. The van der Waals surface area contributed by atoms with E-state index < -0.39 is 0 Å². The van der Waals surface area contributed by atoms with E-state index in [1.54, 1.807) is 0 Å². The number of aliphatic hydroxyl groups excluding tert-OH is 1. The lowest BCUT2D eigenvalue weighted by molar-refractivity contribution is 0.0405. The number of ether oxygens (including phenoxy) is 1. The van der Waals surface area contributed by atoms with E-state index in [0.717, 1.165) is 39.4 Å². The zero-order valence-electron chi connectivity index (χ0n) is 13.0. The summed E-state index contributed by atoms with van der Waals surface area (Å²) >= 11 is 3.89. The molecule has 2 heterocycles. The Morgan fingerprint density at radius 2 is 1.70 bits per heavy atom. The topological polar surface area (TPSA) is 35.9 Å². The maximum absolute atomic E-state index is 8.88. The standard InChI is InChI=1S/C8H17NO.C6H13NO.HPS/c1-2-9-5-3-4-8(6-9)7-10;1-2-7-3-5-8-6-4-7;1-2/h8,10H,2-7H2,1H3;2-6H2,1H3;1H. The van der Waals surface area contributed by atoms with Gasteiger partial charge < -0.3 is 14.7 Å². The molecule has 0 amide bonds. The molecule has 1 N–H and O–H groups in total. The largest absolute Gasteiger partial charge is 0.396 e. The van der Waals surface area contributed by atoms with E-state index in [2.05, 4.69) is 43.5 Å². The van der Waals surface area contributed by atoms with E-state index in [1.165, 1.54) is 25.9 Å². The maximum atomic E-state index is 8.88. The predicted octanol–water partition coefficient (Wildman–Crippen LogP) is 1.64. The van der Waals surface area contributed by atoms with E-state index in [1.807, 2.05) is 0 Å². The van der Waals surface area contributed by atoms with Crippen molar-refractivity contribution in [1.29, 1.82) is 0 Å². The van der Waals surface area contributed by atoms with Crippen LogP contribution in [-0.4, -0.2) is 74.0 Å². The Hall–Kier alpha value is 0.360. The second-order valence-corrected chi connectivity index (χ2v) is 5.13. The Morgan fingerprint density at radius 3 is 2.15 bits per heavy atom. The summed E-state index contributed by atoms with van der Waals surface area (Å²) in [6.45, 7) is 13.5. The molecule has 1 atom stereocenters. The molecule has 0 bridgehead atoms. The van der Waals surface area contributed by atoms with Gasteiger partial charge in [-0.1, -0.05) is 25.7 Å². The van der Waals surface area contributed by atoms with Crippen molar-refractivity contribution in [3.05, 3.63) is 0 Å². The molecule has 6 heteroatoms. The van der Waals surface area contributed by atoms with Gasteiger partial charge in [-0.3, -0.25) is 4.90 Å². The van der Waals surface area contributed by atoms with Gasteiger partial charge in [-0.25, -0.2) is 0 Å². The number of likely N-dealkylation sites (N-methyl/N-ethyl adjacent to an activating group) is 1. The molecule has 0 aromatic rings. The van der Waals surface area contributed by atoms with E-state index in [-0.39, 0.29) is 0 Å². The van der Waals surface area contributed by atoms with E-state index in [9.17, 15) is 0 Å². The zero-order valence-corrected chi connectivity index (χ0v) is 14.8. The molecule has 2 saturated heterocycles. The highest BCUT2D eigenvalue weighted by molar-refractivity contribution is 7.88. The summed E-state index contributed by atoms with van der Waals surface area (Å²) in [5.74, 6) is 0.550. The molecule has 0 aliphatic carbocycles. The van der Waals surface area contributed by atoms with Gasteiger partial charge in [-0.2, -0.15) is 0 Å². The van der Waals surface area contributed by atoms with Gasteiger partial charge >= 0.3 is 0 Å². The molecular weight excluding hydrogens is 291 g/mol. The number of rotatable bonds is 3. The predicted molar refractivity (Wildman–Crippen MR) is 90.5 cm³/mol. The summed E-state index contributed by atoms with van der Waals surface area (Å²) < 4.78 is 5.16. The van der Waals surface area contributed by atoms with Crippen LogP contribution in [0.15, 0.2) is 0 Å². The van der Waals surface area contributed by atoms with E-state index >= 15 is 0 Å². The molecule has 2 aliphatic rings. The lowest BCUT2D eigenvalue weighted by Gasteiger charge is -2.30. The first-order valence-corrected chi connectivity index (χ1v) is 9.27. The third-order valence-electron chi connectivity index (χ3n) is 3.86. The third kappa shape index (κ3) is 9.32. The van der Waals surface area contributed by atoms with Crippen LogP contribution in [0.1, 0.15) is 26.7 Å². The minimum atomic E-state index is 0.372.